The summed E-state index contributed by atoms with van der Waals surface area (Å²) in [6.45, 7) is 7.16. The summed E-state index contributed by atoms with van der Waals surface area (Å²) in [6, 6.07) is 6.37. The molecule has 2 aromatic rings. The fourth-order valence-corrected chi connectivity index (χ4v) is 3.41. The second kappa shape index (κ2) is 15.4. The van der Waals surface area contributed by atoms with E-state index in [9.17, 15) is 32.8 Å². The van der Waals surface area contributed by atoms with Crippen LogP contribution in [-0.4, -0.2) is 53.4 Å². The van der Waals surface area contributed by atoms with E-state index in [1.165, 1.54) is 48.8 Å². The zero-order valence-corrected chi connectivity index (χ0v) is 23.7. The SMILES string of the molecule is C[C@H](NC(=O)[C@H](CC(=O)NCC(C)(C)C)NC(=O)c1ccc(/C=C/C(=O)NO)cc1)C(=O)NCc1ccc(F)cc1F. The van der Waals surface area contributed by atoms with Crippen LogP contribution >= 0.6 is 0 Å². The minimum absolute atomic E-state index is 0.0436. The first kappa shape index (κ1) is 33.6. The lowest BCUT2D eigenvalue weighted by Crippen LogP contribution is -2.54. The second-order valence-electron chi connectivity index (χ2n) is 10.7. The molecule has 226 valence electrons. The molecule has 0 unspecified atom stereocenters. The molecule has 0 bridgehead atoms. The molecule has 0 aromatic heterocycles. The van der Waals surface area contributed by atoms with Crippen molar-refractivity contribution in [1.29, 1.82) is 0 Å². The Kier molecular flexibility index (Phi) is 12.3. The molecular weight excluding hydrogens is 552 g/mol. The van der Waals surface area contributed by atoms with E-state index >= 15 is 0 Å². The average Bonchev–Trinajstić information content (AvgIpc) is 2.93. The van der Waals surface area contributed by atoms with Gasteiger partial charge in [0.05, 0.1) is 6.42 Å². The smallest absolute Gasteiger partial charge is 0.267 e. The lowest BCUT2D eigenvalue weighted by Gasteiger charge is -2.23. The van der Waals surface area contributed by atoms with Crippen molar-refractivity contribution >= 4 is 35.6 Å². The largest absolute Gasteiger partial charge is 0.355 e. The molecule has 2 atom stereocenters. The van der Waals surface area contributed by atoms with Gasteiger partial charge in [-0.3, -0.25) is 29.2 Å². The van der Waals surface area contributed by atoms with Crippen LogP contribution in [0.15, 0.2) is 48.5 Å². The summed E-state index contributed by atoms with van der Waals surface area (Å²) in [5.41, 5.74) is 1.96. The summed E-state index contributed by atoms with van der Waals surface area (Å²) in [5, 5.41) is 18.7. The Morgan fingerprint density at radius 3 is 2.19 bits per heavy atom. The van der Waals surface area contributed by atoms with E-state index in [1.54, 1.807) is 0 Å². The first-order chi connectivity index (χ1) is 19.7. The Morgan fingerprint density at radius 1 is 0.929 bits per heavy atom. The molecule has 0 fully saturated rings. The number of amides is 5. The van der Waals surface area contributed by atoms with Gasteiger partial charge in [0, 0.05) is 36.4 Å². The minimum atomic E-state index is -1.35. The van der Waals surface area contributed by atoms with Crippen molar-refractivity contribution < 1.29 is 38.0 Å². The van der Waals surface area contributed by atoms with Gasteiger partial charge in [-0.05, 0) is 42.2 Å². The van der Waals surface area contributed by atoms with E-state index in [4.69, 9.17) is 5.21 Å². The monoisotopic (exact) mass is 587 g/mol. The van der Waals surface area contributed by atoms with Crippen LogP contribution in [0.4, 0.5) is 8.78 Å². The van der Waals surface area contributed by atoms with Gasteiger partial charge in [-0.25, -0.2) is 14.3 Å². The van der Waals surface area contributed by atoms with Crippen LogP contribution in [0, 0.1) is 17.0 Å². The van der Waals surface area contributed by atoms with Crippen LogP contribution in [-0.2, 0) is 25.7 Å². The highest BCUT2D eigenvalue weighted by molar-refractivity contribution is 6.00. The van der Waals surface area contributed by atoms with Crippen LogP contribution in [0.2, 0.25) is 0 Å². The number of hydroxylamine groups is 1. The van der Waals surface area contributed by atoms with Gasteiger partial charge in [0.2, 0.25) is 17.7 Å². The van der Waals surface area contributed by atoms with Crippen molar-refractivity contribution in [1.82, 2.24) is 26.7 Å². The van der Waals surface area contributed by atoms with Gasteiger partial charge in [0.25, 0.3) is 11.8 Å². The predicted octanol–water partition coefficient (Wildman–Crippen LogP) is 1.96. The molecular formula is C29H35F2N5O6. The summed E-state index contributed by atoms with van der Waals surface area (Å²) >= 11 is 0. The minimum Gasteiger partial charge on any atom is -0.355 e. The van der Waals surface area contributed by atoms with Crippen LogP contribution in [0.5, 0.6) is 0 Å². The Labute approximate surface area is 242 Å². The third-order valence-electron chi connectivity index (χ3n) is 5.76. The van der Waals surface area contributed by atoms with Crippen molar-refractivity contribution in [3.8, 4) is 0 Å². The zero-order valence-electron chi connectivity index (χ0n) is 23.7. The predicted molar refractivity (Wildman–Crippen MR) is 150 cm³/mol. The molecule has 0 aliphatic heterocycles. The number of benzene rings is 2. The second-order valence-corrected chi connectivity index (χ2v) is 10.7. The normalized spacial score (nSPS) is 12.6. The van der Waals surface area contributed by atoms with Crippen molar-refractivity contribution in [3.63, 3.8) is 0 Å². The molecule has 5 amide bonds. The molecule has 2 rings (SSSR count). The Bertz CT molecular complexity index is 1320. The number of rotatable bonds is 12. The third-order valence-corrected chi connectivity index (χ3v) is 5.76. The Morgan fingerprint density at radius 2 is 1.60 bits per heavy atom. The summed E-state index contributed by atoms with van der Waals surface area (Å²) in [6.07, 6.45) is 2.07. The van der Waals surface area contributed by atoms with E-state index in [-0.39, 0.29) is 23.1 Å². The van der Waals surface area contributed by atoms with E-state index < -0.39 is 59.7 Å². The summed E-state index contributed by atoms with van der Waals surface area (Å²) in [4.78, 5) is 62.3. The molecule has 6 N–H and O–H groups in total. The highest BCUT2D eigenvalue weighted by atomic mass is 19.1. The van der Waals surface area contributed by atoms with Gasteiger partial charge in [-0.15, -0.1) is 0 Å². The number of halogens is 2. The maximum Gasteiger partial charge on any atom is 0.267 e. The fraction of sp³-hybridized carbons (Fsp3) is 0.345. The highest BCUT2D eigenvalue weighted by Gasteiger charge is 2.27. The van der Waals surface area contributed by atoms with Crippen LogP contribution in [0.3, 0.4) is 0 Å². The van der Waals surface area contributed by atoms with Gasteiger partial charge in [-0.2, -0.15) is 0 Å². The van der Waals surface area contributed by atoms with Crippen molar-refractivity contribution in [3.05, 3.63) is 76.9 Å². The molecule has 2 aromatic carbocycles. The highest BCUT2D eigenvalue weighted by Crippen LogP contribution is 2.12. The summed E-state index contributed by atoms with van der Waals surface area (Å²) in [5.74, 6) is -4.99. The van der Waals surface area contributed by atoms with Gasteiger partial charge < -0.3 is 21.3 Å². The van der Waals surface area contributed by atoms with Crippen LogP contribution in [0.1, 0.15) is 55.6 Å². The number of hydrogen-bond acceptors (Lipinski definition) is 6. The van der Waals surface area contributed by atoms with Gasteiger partial charge in [0.15, 0.2) is 0 Å². The molecule has 0 saturated heterocycles. The molecule has 11 nitrogen and oxygen atoms in total. The molecule has 0 aliphatic carbocycles. The van der Waals surface area contributed by atoms with E-state index in [0.29, 0.717) is 18.2 Å². The van der Waals surface area contributed by atoms with E-state index in [0.717, 1.165) is 12.1 Å². The number of hydrogen-bond donors (Lipinski definition) is 6. The third kappa shape index (κ3) is 11.5. The first-order valence-corrected chi connectivity index (χ1v) is 13.0. The quantitative estimate of drug-likeness (QED) is 0.126. The number of carbonyl (C=O) groups is 5. The first-order valence-electron chi connectivity index (χ1n) is 13.0. The fourth-order valence-electron chi connectivity index (χ4n) is 3.41. The standard InChI is InChI=1S/C29H35F2N5O6/c1-17(26(39)32-15-20-10-11-21(30)13-22(20)31)34-28(41)23(14-25(38)33-16-29(2,3)4)35-27(40)19-8-5-18(6-9-19)7-12-24(37)36-42/h5-13,17,23,42H,14-16H2,1-4H3,(H,32,39)(H,33,38)(H,34,41)(H,35,40)(H,36,37)/b12-7+/t17-,23-/m0/s1. The molecule has 13 heteroatoms. The van der Waals surface area contributed by atoms with Crippen molar-refractivity contribution in [2.24, 2.45) is 5.41 Å². The molecule has 0 spiro atoms. The Balaban J connectivity index is 2.10. The molecule has 0 saturated carbocycles. The molecule has 0 aliphatic rings. The van der Waals surface area contributed by atoms with Gasteiger partial charge >= 0.3 is 0 Å². The average molecular weight is 588 g/mol. The number of carbonyl (C=O) groups excluding carboxylic acids is 5. The molecule has 0 heterocycles. The van der Waals surface area contributed by atoms with Crippen molar-refractivity contribution in [2.75, 3.05) is 6.54 Å². The zero-order chi connectivity index (χ0) is 31.4. The maximum atomic E-state index is 13.9. The van der Waals surface area contributed by atoms with Crippen molar-refractivity contribution in [2.45, 2.75) is 52.7 Å². The maximum absolute atomic E-state index is 13.9. The lowest BCUT2D eigenvalue weighted by atomic mass is 9.97. The topological polar surface area (TPSA) is 166 Å². The summed E-state index contributed by atoms with van der Waals surface area (Å²) in [7, 11) is 0. The van der Waals surface area contributed by atoms with Gasteiger partial charge in [-0.1, -0.05) is 39.0 Å². The van der Waals surface area contributed by atoms with Crippen LogP contribution < -0.4 is 26.7 Å². The van der Waals surface area contributed by atoms with E-state index in [1.807, 2.05) is 20.8 Å². The lowest BCUT2D eigenvalue weighted by molar-refractivity contribution is -0.131. The Hall–Kier alpha value is -4.65. The number of nitrogens with one attached hydrogen (secondary N) is 5. The molecule has 42 heavy (non-hydrogen) atoms. The summed E-state index contributed by atoms with van der Waals surface area (Å²) < 4.78 is 27.0. The molecule has 0 radical (unpaired) electrons. The van der Waals surface area contributed by atoms with Crippen LogP contribution in [0.25, 0.3) is 6.08 Å². The van der Waals surface area contributed by atoms with E-state index in [2.05, 4.69) is 21.3 Å². The van der Waals surface area contributed by atoms with Gasteiger partial charge in [0.1, 0.15) is 23.7 Å².